The lowest BCUT2D eigenvalue weighted by Gasteiger charge is -2.21. The van der Waals surface area contributed by atoms with Crippen molar-refractivity contribution in [2.75, 3.05) is 7.11 Å². The van der Waals surface area contributed by atoms with Crippen molar-refractivity contribution in [2.24, 2.45) is 5.92 Å². The predicted molar refractivity (Wildman–Crippen MR) is 51.7 cm³/mol. The lowest BCUT2D eigenvalue weighted by atomic mass is 9.98. The number of ether oxygens (including phenoxy) is 1. The van der Waals surface area contributed by atoms with Crippen LogP contribution in [0.5, 0.6) is 5.75 Å². The van der Waals surface area contributed by atoms with Gasteiger partial charge in [0.25, 0.3) is 5.92 Å². The van der Waals surface area contributed by atoms with Gasteiger partial charge in [0.05, 0.1) is 7.11 Å². The topological polar surface area (TPSA) is 9.23 Å². The second kappa shape index (κ2) is 4.13. The lowest BCUT2D eigenvalue weighted by Crippen LogP contribution is -2.21. The fourth-order valence-corrected chi connectivity index (χ4v) is 1.21. The van der Waals surface area contributed by atoms with E-state index in [9.17, 15) is 13.2 Å². The minimum Gasteiger partial charge on any atom is -0.494 e. The zero-order valence-corrected chi connectivity index (χ0v) is 8.85. The van der Waals surface area contributed by atoms with Gasteiger partial charge in [-0.25, -0.2) is 13.2 Å². The quantitative estimate of drug-likeness (QED) is 0.753. The summed E-state index contributed by atoms with van der Waals surface area (Å²) in [7, 11) is 1.29. The maximum absolute atomic E-state index is 13.5. The Bertz CT molecular complexity index is 348. The molecule has 0 bridgehead atoms. The summed E-state index contributed by atoms with van der Waals surface area (Å²) in [5, 5.41) is 0. The molecule has 0 saturated carbocycles. The van der Waals surface area contributed by atoms with Gasteiger partial charge >= 0.3 is 0 Å². The van der Waals surface area contributed by atoms with Crippen molar-refractivity contribution in [1.29, 1.82) is 0 Å². The number of hydrogen-bond acceptors (Lipinski definition) is 1. The molecule has 15 heavy (non-hydrogen) atoms. The van der Waals surface area contributed by atoms with Crippen molar-refractivity contribution >= 4 is 0 Å². The molecule has 0 aliphatic heterocycles. The Balaban J connectivity index is 3.12. The van der Waals surface area contributed by atoms with E-state index in [0.29, 0.717) is 0 Å². The highest BCUT2D eigenvalue weighted by Crippen LogP contribution is 2.36. The zero-order chi connectivity index (χ0) is 11.6. The average Bonchev–Trinajstić information content (AvgIpc) is 2.17. The van der Waals surface area contributed by atoms with Crippen LogP contribution in [-0.4, -0.2) is 7.11 Å². The van der Waals surface area contributed by atoms with E-state index >= 15 is 0 Å². The fourth-order valence-electron chi connectivity index (χ4n) is 1.21. The van der Waals surface area contributed by atoms with Crippen LogP contribution in [0.3, 0.4) is 0 Å². The van der Waals surface area contributed by atoms with E-state index in [0.717, 1.165) is 6.07 Å². The molecule has 0 aliphatic rings. The van der Waals surface area contributed by atoms with Gasteiger partial charge in [0.1, 0.15) is 0 Å². The monoisotopic (exact) mass is 218 g/mol. The Morgan fingerprint density at radius 3 is 2.27 bits per heavy atom. The van der Waals surface area contributed by atoms with Crippen LogP contribution in [-0.2, 0) is 5.92 Å². The smallest absolute Gasteiger partial charge is 0.275 e. The van der Waals surface area contributed by atoms with E-state index in [2.05, 4.69) is 4.74 Å². The molecule has 1 aromatic rings. The second-order valence-electron chi connectivity index (χ2n) is 3.63. The zero-order valence-electron chi connectivity index (χ0n) is 8.85. The van der Waals surface area contributed by atoms with Crippen molar-refractivity contribution in [3.8, 4) is 5.75 Å². The van der Waals surface area contributed by atoms with E-state index < -0.39 is 17.7 Å². The minimum atomic E-state index is -3.02. The van der Waals surface area contributed by atoms with Crippen LogP contribution in [0.15, 0.2) is 18.2 Å². The number of benzene rings is 1. The van der Waals surface area contributed by atoms with Gasteiger partial charge in [0.2, 0.25) is 0 Å². The second-order valence-corrected chi connectivity index (χ2v) is 3.63. The molecule has 0 heterocycles. The minimum absolute atomic E-state index is 0.0293. The molecule has 84 valence electrons. The van der Waals surface area contributed by atoms with Crippen LogP contribution in [0.1, 0.15) is 19.4 Å². The van der Waals surface area contributed by atoms with Crippen LogP contribution >= 0.6 is 0 Å². The highest BCUT2D eigenvalue weighted by molar-refractivity contribution is 5.31. The Labute approximate surface area is 86.9 Å². The van der Waals surface area contributed by atoms with Gasteiger partial charge in [-0.3, -0.25) is 0 Å². The van der Waals surface area contributed by atoms with Crippen LogP contribution in [0.2, 0.25) is 0 Å². The Morgan fingerprint density at radius 1 is 1.27 bits per heavy atom. The molecule has 0 aromatic heterocycles. The molecular weight excluding hydrogens is 205 g/mol. The molecule has 0 atom stereocenters. The molecular formula is C11H13F3O. The standard InChI is InChI=1S/C11H13F3O/c1-7(2)11(13,14)8-4-5-10(15-3)9(12)6-8/h4-7H,1-3H3. The molecule has 1 aromatic carbocycles. The molecule has 0 unspecified atom stereocenters. The first-order valence-corrected chi connectivity index (χ1v) is 4.61. The van der Waals surface area contributed by atoms with Gasteiger partial charge in [-0.15, -0.1) is 0 Å². The summed E-state index contributed by atoms with van der Waals surface area (Å²) in [5.41, 5.74) is -0.323. The summed E-state index contributed by atoms with van der Waals surface area (Å²) < 4.78 is 44.8. The molecule has 0 fully saturated rings. The Kier molecular flexibility index (Phi) is 3.27. The number of alkyl halides is 2. The van der Waals surface area contributed by atoms with Crippen molar-refractivity contribution < 1.29 is 17.9 Å². The molecule has 0 radical (unpaired) electrons. The molecule has 1 nitrogen and oxygen atoms in total. The Hall–Kier alpha value is -1.19. The molecule has 1 rings (SSSR count). The highest BCUT2D eigenvalue weighted by atomic mass is 19.3. The van der Waals surface area contributed by atoms with Gasteiger partial charge in [0, 0.05) is 11.5 Å². The summed E-state index contributed by atoms with van der Waals surface area (Å²) in [6.07, 6.45) is 0. The number of methoxy groups -OCH3 is 1. The van der Waals surface area contributed by atoms with E-state index in [1.165, 1.54) is 33.1 Å². The lowest BCUT2D eigenvalue weighted by molar-refractivity contribution is -0.0516. The van der Waals surface area contributed by atoms with Gasteiger partial charge in [-0.1, -0.05) is 13.8 Å². The third-order valence-corrected chi connectivity index (χ3v) is 2.26. The fraction of sp³-hybridized carbons (Fsp3) is 0.455. The van der Waals surface area contributed by atoms with E-state index in [1.54, 1.807) is 0 Å². The normalized spacial score (nSPS) is 11.9. The van der Waals surface area contributed by atoms with Crippen molar-refractivity contribution in [1.82, 2.24) is 0 Å². The first kappa shape index (κ1) is 11.9. The number of rotatable bonds is 3. The third kappa shape index (κ3) is 2.25. The van der Waals surface area contributed by atoms with Gasteiger partial charge in [0.15, 0.2) is 11.6 Å². The van der Waals surface area contributed by atoms with Crippen LogP contribution in [0.4, 0.5) is 13.2 Å². The van der Waals surface area contributed by atoms with Gasteiger partial charge < -0.3 is 4.74 Å². The summed E-state index contributed by atoms with van der Waals surface area (Å²) in [5.74, 6) is -4.69. The molecule has 0 saturated heterocycles. The molecule has 0 spiro atoms. The van der Waals surface area contributed by atoms with Crippen LogP contribution < -0.4 is 4.74 Å². The van der Waals surface area contributed by atoms with Crippen LogP contribution in [0.25, 0.3) is 0 Å². The summed E-state index contributed by atoms with van der Waals surface area (Å²) in [4.78, 5) is 0. The largest absolute Gasteiger partial charge is 0.494 e. The Morgan fingerprint density at radius 2 is 1.87 bits per heavy atom. The van der Waals surface area contributed by atoms with Crippen molar-refractivity contribution in [3.05, 3.63) is 29.6 Å². The molecule has 4 heteroatoms. The van der Waals surface area contributed by atoms with E-state index in [1.807, 2.05) is 0 Å². The van der Waals surface area contributed by atoms with Gasteiger partial charge in [-0.05, 0) is 18.2 Å². The SMILES string of the molecule is COc1ccc(C(F)(F)C(C)C)cc1F. The third-order valence-electron chi connectivity index (χ3n) is 2.26. The summed E-state index contributed by atoms with van der Waals surface area (Å²) >= 11 is 0. The molecule has 0 N–H and O–H groups in total. The van der Waals surface area contributed by atoms with Crippen molar-refractivity contribution in [2.45, 2.75) is 19.8 Å². The maximum Gasteiger partial charge on any atom is 0.275 e. The first-order valence-electron chi connectivity index (χ1n) is 4.61. The number of halogens is 3. The summed E-state index contributed by atoms with van der Waals surface area (Å²) in [6, 6.07) is 3.21. The maximum atomic E-state index is 13.5. The molecule has 0 aliphatic carbocycles. The highest BCUT2D eigenvalue weighted by Gasteiger charge is 2.36. The van der Waals surface area contributed by atoms with Crippen molar-refractivity contribution in [3.63, 3.8) is 0 Å². The summed E-state index contributed by atoms with van der Waals surface area (Å²) in [6.45, 7) is 2.78. The molecule has 0 amide bonds. The van der Waals surface area contributed by atoms with Crippen LogP contribution in [0, 0.1) is 11.7 Å². The average molecular weight is 218 g/mol. The number of hydrogen-bond donors (Lipinski definition) is 0. The van der Waals surface area contributed by atoms with Gasteiger partial charge in [-0.2, -0.15) is 0 Å². The van der Waals surface area contributed by atoms with E-state index in [-0.39, 0.29) is 11.3 Å². The van der Waals surface area contributed by atoms with E-state index in [4.69, 9.17) is 0 Å². The first-order chi connectivity index (χ1) is 6.89. The predicted octanol–water partition coefficient (Wildman–Crippen LogP) is 3.58.